The van der Waals surface area contributed by atoms with Crippen LogP contribution in [0.15, 0.2) is 36.4 Å². The van der Waals surface area contributed by atoms with Crippen molar-refractivity contribution in [1.29, 1.82) is 0 Å². The van der Waals surface area contributed by atoms with Gasteiger partial charge in [-0.15, -0.1) is 0 Å². The molecule has 1 aromatic carbocycles. The van der Waals surface area contributed by atoms with Crippen molar-refractivity contribution >= 4 is 0 Å². The molecule has 2 aliphatic rings. The number of allylic oxidation sites excluding steroid dienone is 1. The van der Waals surface area contributed by atoms with Crippen LogP contribution in [0.1, 0.15) is 68.4 Å². The lowest BCUT2D eigenvalue weighted by Gasteiger charge is -2.37. The zero-order chi connectivity index (χ0) is 16.8. The molecular weight excluding hydrogens is 292 g/mol. The summed E-state index contributed by atoms with van der Waals surface area (Å²) in [5.41, 5.74) is 2.95. The Labute approximate surface area is 148 Å². The van der Waals surface area contributed by atoms with E-state index in [1.807, 2.05) is 0 Å². The molecule has 0 radical (unpaired) electrons. The summed E-state index contributed by atoms with van der Waals surface area (Å²) < 4.78 is 5.12. The minimum Gasteiger partial charge on any atom is -0.381 e. The standard InChI is InChI=1S/C23H34O/c1-18-5-9-20(10-6-18)22-13-15-23(16-14-22)21-11-7-19(8-12-21)4-3-17-24-2/h3-6,9-10,19,21-23H,7-8,11-17H2,1-2H3/b4-3+/t19-,21-,22?,23?. The molecule has 1 heteroatoms. The Balaban J connectivity index is 1.43. The Morgan fingerprint density at radius 3 is 2.04 bits per heavy atom. The lowest BCUT2D eigenvalue weighted by molar-refractivity contribution is 0.171. The third-order valence-corrected chi connectivity index (χ3v) is 6.47. The van der Waals surface area contributed by atoms with Gasteiger partial charge in [0.2, 0.25) is 0 Å². The number of hydrogen-bond donors (Lipinski definition) is 0. The molecule has 132 valence electrons. The van der Waals surface area contributed by atoms with Crippen LogP contribution in [-0.2, 0) is 4.74 Å². The van der Waals surface area contributed by atoms with Crippen LogP contribution in [-0.4, -0.2) is 13.7 Å². The normalized spacial score (nSPS) is 31.4. The summed E-state index contributed by atoms with van der Waals surface area (Å²) in [4.78, 5) is 0. The predicted octanol–water partition coefficient (Wildman–Crippen LogP) is 6.28. The summed E-state index contributed by atoms with van der Waals surface area (Å²) in [6, 6.07) is 9.27. The van der Waals surface area contributed by atoms with Gasteiger partial charge in [0.25, 0.3) is 0 Å². The van der Waals surface area contributed by atoms with Gasteiger partial charge in [0.05, 0.1) is 6.61 Å². The van der Waals surface area contributed by atoms with E-state index < -0.39 is 0 Å². The molecule has 0 spiro atoms. The summed E-state index contributed by atoms with van der Waals surface area (Å²) in [7, 11) is 1.77. The summed E-state index contributed by atoms with van der Waals surface area (Å²) in [5, 5.41) is 0. The van der Waals surface area contributed by atoms with Crippen LogP contribution in [0.5, 0.6) is 0 Å². The summed E-state index contributed by atoms with van der Waals surface area (Å²) >= 11 is 0. The summed E-state index contributed by atoms with van der Waals surface area (Å²) in [5.74, 6) is 3.61. The zero-order valence-electron chi connectivity index (χ0n) is 15.5. The van der Waals surface area contributed by atoms with Crippen molar-refractivity contribution in [2.24, 2.45) is 17.8 Å². The van der Waals surface area contributed by atoms with Crippen LogP contribution < -0.4 is 0 Å². The smallest absolute Gasteiger partial charge is 0.0643 e. The third-order valence-electron chi connectivity index (χ3n) is 6.47. The van der Waals surface area contributed by atoms with Gasteiger partial charge in [-0.05, 0) is 87.5 Å². The van der Waals surface area contributed by atoms with E-state index in [4.69, 9.17) is 4.74 Å². The molecule has 0 saturated heterocycles. The van der Waals surface area contributed by atoms with Crippen molar-refractivity contribution in [3.8, 4) is 0 Å². The largest absolute Gasteiger partial charge is 0.381 e. The molecule has 0 heterocycles. The van der Waals surface area contributed by atoms with E-state index in [-0.39, 0.29) is 0 Å². The van der Waals surface area contributed by atoms with E-state index in [1.54, 1.807) is 12.7 Å². The molecule has 0 bridgehead atoms. The fraction of sp³-hybridized carbons (Fsp3) is 0.652. The van der Waals surface area contributed by atoms with Crippen LogP contribution in [0, 0.1) is 24.7 Å². The molecule has 2 saturated carbocycles. The van der Waals surface area contributed by atoms with Gasteiger partial charge in [0.15, 0.2) is 0 Å². The van der Waals surface area contributed by atoms with E-state index in [0.29, 0.717) is 0 Å². The molecule has 24 heavy (non-hydrogen) atoms. The first-order chi connectivity index (χ1) is 11.8. The highest BCUT2D eigenvalue weighted by atomic mass is 16.5. The van der Waals surface area contributed by atoms with Crippen molar-refractivity contribution in [3.05, 3.63) is 47.5 Å². The molecule has 0 amide bonds. The van der Waals surface area contributed by atoms with E-state index >= 15 is 0 Å². The Hall–Kier alpha value is -1.08. The molecule has 1 aromatic rings. The number of rotatable bonds is 5. The van der Waals surface area contributed by atoms with Gasteiger partial charge < -0.3 is 4.74 Å². The maximum atomic E-state index is 5.12. The topological polar surface area (TPSA) is 9.23 Å². The summed E-state index contributed by atoms with van der Waals surface area (Å²) in [6.07, 6.45) is 16.0. The van der Waals surface area contributed by atoms with Crippen LogP contribution in [0.25, 0.3) is 0 Å². The Morgan fingerprint density at radius 1 is 0.875 bits per heavy atom. The highest BCUT2D eigenvalue weighted by molar-refractivity contribution is 5.24. The Bertz CT molecular complexity index is 499. The van der Waals surface area contributed by atoms with E-state index in [2.05, 4.69) is 43.3 Å². The fourth-order valence-electron chi connectivity index (χ4n) is 4.92. The molecular formula is C23H34O. The molecule has 1 nitrogen and oxygen atoms in total. The van der Waals surface area contributed by atoms with E-state index in [9.17, 15) is 0 Å². The van der Waals surface area contributed by atoms with Crippen molar-refractivity contribution in [1.82, 2.24) is 0 Å². The molecule has 0 unspecified atom stereocenters. The number of benzene rings is 1. The van der Waals surface area contributed by atoms with E-state index in [1.165, 1.54) is 56.9 Å². The van der Waals surface area contributed by atoms with E-state index in [0.717, 1.165) is 30.3 Å². The van der Waals surface area contributed by atoms with Gasteiger partial charge in [-0.25, -0.2) is 0 Å². The first-order valence-corrected chi connectivity index (χ1v) is 9.98. The van der Waals surface area contributed by atoms with Crippen LogP contribution in [0.3, 0.4) is 0 Å². The second kappa shape index (κ2) is 8.85. The molecule has 0 atom stereocenters. The lowest BCUT2D eigenvalue weighted by atomic mass is 9.68. The van der Waals surface area contributed by atoms with Crippen molar-refractivity contribution in [2.45, 2.75) is 64.2 Å². The number of ether oxygens (including phenoxy) is 1. The monoisotopic (exact) mass is 326 g/mol. The minimum atomic E-state index is 0.767. The average molecular weight is 327 g/mol. The van der Waals surface area contributed by atoms with Crippen LogP contribution in [0.2, 0.25) is 0 Å². The zero-order valence-corrected chi connectivity index (χ0v) is 15.5. The maximum absolute atomic E-state index is 5.12. The Kier molecular flexibility index (Phi) is 6.54. The Morgan fingerprint density at radius 2 is 1.46 bits per heavy atom. The first-order valence-electron chi connectivity index (χ1n) is 9.98. The van der Waals surface area contributed by atoms with Gasteiger partial charge in [0.1, 0.15) is 0 Å². The van der Waals surface area contributed by atoms with Gasteiger partial charge in [-0.2, -0.15) is 0 Å². The van der Waals surface area contributed by atoms with Gasteiger partial charge in [-0.3, -0.25) is 0 Å². The predicted molar refractivity (Wildman–Crippen MR) is 102 cm³/mol. The van der Waals surface area contributed by atoms with Gasteiger partial charge in [-0.1, -0.05) is 42.0 Å². The van der Waals surface area contributed by atoms with Gasteiger partial charge >= 0.3 is 0 Å². The highest BCUT2D eigenvalue weighted by Gasteiger charge is 2.30. The molecule has 0 N–H and O–H groups in total. The number of aryl methyl sites for hydroxylation is 1. The second-order valence-electron chi connectivity index (χ2n) is 8.08. The summed E-state index contributed by atoms with van der Waals surface area (Å²) in [6.45, 7) is 2.95. The lowest BCUT2D eigenvalue weighted by Crippen LogP contribution is -2.25. The van der Waals surface area contributed by atoms with Crippen molar-refractivity contribution < 1.29 is 4.74 Å². The molecule has 0 aromatic heterocycles. The quantitative estimate of drug-likeness (QED) is 0.579. The number of methoxy groups -OCH3 is 1. The highest BCUT2D eigenvalue weighted by Crippen LogP contribution is 2.44. The first kappa shape index (κ1) is 17.7. The second-order valence-corrected chi connectivity index (χ2v) is 8.08. The third kappa shape index (κ3) is 4.72. The molecule has 0 aliphatic heterocycles. The van der Waals surface area contributed by atoms with Crippen molar-refractivity contribution in [2.75, 3.05) is 13.7 Å². The number of hydrogen-bond acceptors (Lipinski definition) is 1. The molecule has 2 aliphatic carbocycles. The van der Waals surface area contributed by atoms with Crippen LogP contribution >= 0.6 is 0 Å². The SMILES string of the molecule is COC/C=C/[C@H]1CC[C@H](C2CCC(c3ccc(C)cc3)CC2)CC1. The maximum Gasteiger partial charge on any atom is 0.0643 e. The van der Waals surface area contributed by atoms with Gasteiger partial charge in [0, 0.05) is 7.11 Å². The average Bonchev–Trinajstić information content (AvgIpc) is 2.63. The fourth-order valence-corrected chi connectivity index (χ4v) is 4.92. The van der Waals surface area contributed by atoms with Crippen molar-refractivity contribution in [3.63, 3.8) is 0 Å². The molecule has 3 rings (SSSR count). The minimum absolute atomic E-state index is 0.767. The molecule has 2 fully saturated rings. The van der Waals surface area contributed by atoms with Crippen LogP contribution in [0.4, 0.5) is 0 Å².